The molecule has 0 saturated carbocycles. The van der Waals surface area contributed by atoms with E-state index in [0.29, 0.717) is 11.4 Å². The molecule has 0 N–H and O–H groups in total. The Bertz CT molecular complexity index is 713. The van der Waals surface area contributed by atoms with Gasteiger partial charge >= 0.3 is 5.97 Å². The molecule has 1 aromatic rings. The number of hydrogen-bond acceptors (Lipinski definition) is 6. The molecule has 3 atom stereocenters. The van der Waals surface area contributed by atoms with Crippen LogP contribution in [0.25, 0.3) is 0 Å². The maximum Gasteiger partial charge on any atom is 0.316 e. The number of nitrogens with zero attached hydrogens (tertiary/aromatic N) is 2. The highest BCUT2D eigenvalue weighted by Crippen LogP contribution is 2.44. The summed E-state index contributed by atoms with van der Waals surface area (Å²) in [5, 5.41) is -0.157. The molecule has 2 heterocycles. The van der Waals surface area contributed by atoms with Gasteiger partial charge in [-0.05, 0) is 19.1 Å². The first-order valence-corrected chi connectivity index (χ1v) is 9.37. The number of fused-ring (bicyclic) bond motifs is 1. The van der Waals surface area contributed by atoms with E-state index in [1.165, 1.54) is 25.8 Å². The van der Waals surface area contributed by atoms with Gasteiger partial charge in [0.05, 0.1) is 5.41 Å². The van der Waals surface area contributed by atoms with E-state index in [1.807, 2.05) is 30.3 Å². The summed E-state index contributed by atoms with van der Waals surface area (Å²) in [6.07, 6.45) is 0. The Morgan fingerprint density at radius 1 is 1.35 bits per heavy atom. The van der Waals surface area contributed by atoms with Gasteiger partial charge in [0.2, 0.25) is 11.8 Å². The van der Waals surface area contributed by atoms with Crippen molar-refractivity contribution in [2.24, 2.45) is 5.41 Å². The first-order valence-electron chi connectivity index (χ1n) is 8.32. The maximum absolute atomic E-state index is 12.8. The Balaban J connectivity index is 1.76. The van der Waals surface area contributed by atoms with E-state index >= 15 is 0 Å². The number of anilines is 1. The van der Waals surface area contributed by atoms with Gasteiger partial charge in [0.15, 0.2) is 6.79 Å². The normalized spacial score (nSPS) is 27.3. The predicted octanol–water partition coefficient (Wildman–Crippen LogP) is 1.48. The molecule has 26 heavy (non-hydrogen) atoms. The number of esters is 1. The van der Waals surface area contributed by atoms with Crippen LogP contribution in [0.3, 0.4) is 0 Å². The van der Waals surface area contributed by atoms with Crippen molar-refractivity contribution in [3.63, 3.8) is 0 Å². The Morgan fingerprint density at radius 3 is 2.65 bits per heavy atom. The van der Waals surface area contributed by atoms with Crippen LogP contribution >= 0.6 is 11.8 Å². The average molecular weight is 378 g/mol. The number of para-hydroxylation sites is 1. The molecule has 0 aromatic heterocycles. The van der Waals surface area contributed by atoms with Crippen LogP contribution in [-0.4, -0.2) is 60.3 Å². The molecule has 0 spiro atoms. The standard InChI is InChI=1S/C18H22N2O5S/c1-12(21)20(13-7-5-4-6-8-13)14-15(22)19-9-18(2,10-26-16(14)19)17(23)25-11-24-3/h4-8,14,16H,9-11H2,1-3H3/t14?,16-,18?/m1/s1. The molecule has 2 amide bonds. The number of carbonyl (C=O) groups is 3. The largest absolute Gasteiger partial charge is 0.438 e. The fourth-order valence-electron chi connectivity index (χ4n) is 3.32. The first kappa shape index (κ1) is 18.7. The van der Waals surface area contributed by atoms with Crippen molar-refractivity contribution in [2.45, 2.75) is 25.3 Å². The summed E-state index contributed by atoms with van der Waals surface area (Å²) < 4.78 is 9.86. The molecule has 2 saturated heterocycles. The van der Waals surface area contributed by atoms with Crippen molar-refractivity contribution in [3.8, 4) is 0 Å². The fraction of sp³-hybridized carbons (Fsp3) is 0.500. The molecule has 8 heteroatoms. The van der Waals surface area contributed by atoms with Crippen molar-refractivity contribution < 1.29 is 23.9 Å². The van der Waals surface area contributed by atoms with Crippen molar-refractivity contribution >= 4 is 35.2 Å². The van der Waals surface area contributed by atoms with Crippen molar-refractivity contribution in [1.82, 2.24) is 4.90 Å². The molecular weight excluding hydrogens is 356 g/mol. The van der Waals surface area contributed by atoms with Gasteiger partial charge in [-0.15, -0.1) is 11.8 Å². The summed E-state index contributed by atoms with van der Waals surface area (Å²) in [4.78, 5) is 40.5. The maximum atomic E-state index is 12.8. The minimum Gasteiger partial charge on any atom is -0.438 e. The SMILES string of the molecule is COCOC(=O)C1(C)CS[C@@H]2C(N(C(C)=O)c3ccccc3)C(=O)N2C1. The summed E-state index contributed by atoms with van der Waals surface area (Å²) in [6.45, 7) is 3.42. The Labute approximate surface area is 156 Å². The van der Waals surface area contributed by atoms with E-state index < -0.39 is 11.5 Å². The third-order valence-electron chi connectivity index (χ3n) is 4.66. The number of hydrogen-bond donors (Lipinski definition) is 0. The summed E-state index contributed by atoms with van der Waals surface area (Å²) in [5.41, 5.74) is -0.0832. The van der Waals surface area contributed by atoms with Crippen LogP contribution in [0.15, 0.2) is 30.3 Å². The van der Waals surface area contributed by atoms with E-state index in [0.717, 1.165) is 0 Å². The van der Waals surface area contributed by atoms with Gasteiger partial charge in [0, 0.05) is 32.0 Å². The summed E-state index contributed by atoms with van der Waals surface area (Å²) >= 11 is 1.50. The van der Waals surface area contributed by atoms with Crippen LogP contribution in [0.2, 0.25) is 0 Å². The zero-order chi connectivity index (χ0) is 18.9. The van der Waals surface area contributed by atoms with Gasteiger partial charge in [-0.3, -0.25) is 19.3 Å². The van der Waals surface area contributed by atoms with Crippen molar-refractivity contribution in [1.29, 1.82) is 0 Å². The fourth-order valence-corrected chi connectivity index (χ4v) is 4.85. The van der Waals surface area contributed by atoms with Crippen LogP contribution in [0.1, 0.15) is 13.8 Å². The van der Waals surface area contributed by atoms with Gasteiger partial charge in [-0.1, -0.05) is 18.2 Å². The van der Waals surface area contributed by atoms with E-state index in [4.69, 9.17) is 9.47 Å². The third kappa shape index (κ3) is 3.19. The molecule has 0 aliphatic carbocycles. The smallest absolute Gasteiger partial charge is 0.316 e. The summed E-state index contributed by atoms with van der Waals surface area (Å²) in [5.74, 6) is -0.191. The second-order valence-electron chi connectivity index (χ2n) is 6.74. The lowest BCUT2D eigenvalue weighted by molar-refractivity contribution is -0.169. The van der Waals surface area contributed by atoms with Crippen molar-refractivity contribution in [2.75, 3.05) is 31.1 Å². The number of thioether (sulfide) groups is 1. The van der Waals surface area contributed by atoms with Crippen LogP contribution in [0.4, 0.5) is 5.69 Å². The molecular formula is C18H22N2O5S. The lowest BCUT2D eigenvalue weighted by atomic mass is 9.89. The molecule has 2 aliphatic rings. The number of methoxy groups -OCH3 is 1. The van der Waals surface area contributed by atoms with E-state index in [1.54, 1.807) is 16.7 Å². The molecule has 140 valence electrons. The highest BCUT2D eigenvalue weighted by atomic mass is 32.2. The first-order chi connectivity index (χ1) is 12.4. The van der Waals surface area contributed by atoms with E-state index in [2.05, 4.69) is 0 Å². The zero-order valence-electron chi connectivity index (χ0n) is 15.0. The average Bonchev–Trinajstić information content (AvgIpc) is 2.64. The number of rotatable bonds is 5. The lowest BCUT2D eigenvalue weighted by Gasteiger charge is -2.55. The molecule has 2 fully saturated rings. The van der Waals surface area contributed by atoms with Crippen LogP contribution in [-0.2, 0) is 23.9 Å². The van der Waals surface area contributed by atoms with Gasteiger partial charge in [0.25, 0.3) is 0 Å². The molecule has 2 aliphatic heterocycles. The molecule has 7 nitrogen and oxygen atoms in total. The highest BCUT2D eigenvalue weighted by Gasteiger charge is 2.58. The predicted molar refractivity (Wildman–Crippen MR) is 97.4 cm³/mol. The zero-order valence-corrected chi connectivity index (χ0v) is 15.8. The number of ether oxygens (including phenoxy) is 2. The molecule has 1 aromatic carbocycles. The van der Waals surface area contributed by atoms with E-state index in [9.17, 15) is 14.4 Å². The second-order valence-corrected chi connectivity index (χ2v) is 7.84. The van der Waals surface area contributed by atoms with E-state index in [-0.39, 0.29) is 36.5 Å². The minimum atomic E-state index is -0.784. The highest BCUT2D eigenvalue weighted by molar-refractivity contribution is 8.00. The van der Waals surface area contributed by atoms with Crippen LogP contribution in [0, 0.1) is 5.41 Å². The lowest BCUT2D eigenvalue weighted by Crippen LogP contribution is -2.74. The molecule has 2 unspecified atom stereocenters. The minimum absolute atomic E-state index is 0.106. The number of benzene rings is 1. The second kappa shape index (κ2) is 7.28. The van der Waals surface area contributed by atoms with Crippen LogP contribution in [0.5, 0.6) is 0 Å². The van der Waals surface area contributed by atoms with Gasteiger partial charge in [-0.25, -0.2) is 0 Å². The van der Waals surface area contributed by atoms with Gasteiger partial charge in [0.1, 0.15) is 11.4 Å². The number of β-lactam (4-membered cyclic amide) rings is 1. The van der Waals surface area contributed by atoms with Crippen LogP contribution < -0.4 is 4.90 Å². The van der Waals surface area contributed by atoms with Gasteiger partial charge in [-0.2, -0.15) is 0 Å². The molecule has 3 rings (SSSR count). The Hall–Kier alpha value is -2.06. The Morgan fingerprint density at radius 2 is 2.04 bits per heavy atom. The number of carbonyl (C=O) groups excluding carboxylic acids is 3. The van der Waals surface area contributed by atoms with Crippen molar-refractivity contribution in [3.05, 3.63) is 30.3 Å². The topological polar surface area (TPSA) is 76.1 Å². The Kier molecular flexibility index (Phi) is 5.24. The monoisotopic (exact) mass is 378 g/mol. The summed E-state index contributed by atoms with van der Waals surface area (Å²) in [7, 11) is 1.45. The quantitative estimate of drug-likeness (QED) is 0.439. The summed E-state index contributed by atoms with van der Waals surface area (Å²) in [6, 6.07) is 8.63. The molecule has 0 radical (unpaired) electrons. The molecule has 0 bridgehead atoms. The van der Waals surface area contributed by atoms with Gasteiger partial charge < -0.3 is 14.4 Å². The third-order valence-corrected chi connectivity index (χ3v) is 6.32. The number of amides is 2.